The third-order valence-corrected chi connectivity index (χ3v) is 4.14. The van der Waals surface area contributed by atoms with Gasteiger partial charge in [0.05, 0.1) is 22.4 Å². The average Bonchev–Trinajstić information content (AvgIpc) is 2.92. The van der Waals surface area contributed by atoms with Crippen molar-refractivity contribution in [3.63, 3.8) is 0 Å². The van der Waals surface area contributed by atoms with Crippen molar-refractivity contribution in [3.8, 4) is 11.3 Å². The average molecular weight is 284 g/mol. The van der Waals surface area contributed by atoms with E-state index in [0.717, 1.165) is 21.3 Å². The van der Waals surface area contributed by atoms with Crippen molar-refractivity contribution in [1.82, 2.24) is 9.36 Å². The highest BCUT2D eigenvalue weighted by Gasteiger charge is 2.16. The van der Waals surface area contributed by atoms with Crippen molar-refractivity contribution in [3.05, 3.63) is 10.4 Å². The molecular formula is C11H16N4OS2. The number of nitrogen functional groups attached to an aromatic ring is 1. The van der Waals surface area contributed by atoms with Gasteiger partial charge in [-0.25, -0.2) is 4.98 Å². The summed E-state index contributed by atoms with van der Waals surface area (Å²) in [5, 5.41) is 7.27. The number of anilines is 2. The lowest BCUT2D eigenvalue weighted by atomic mass is 10.2. The van der Waals surface area contributed by atoms with Crippen LogP contribution in [-0.2, 0) is 4.74 Å². The third-order valence-electron chi connectivity index (χ3n) is 2.55. The molecule has 0 spiro atoms. The summed E-state index contributed by atoms with van der Waals surface area (Å²) in [4.78, 5) is 4.46. The summed E-state index contributed by atoms with van der Waals surface area (Å²) < 4.78 is 9.39. The Morgan fingerprint density at radius 2 is 2.33 bits per heavy atom. The monoisotopic (exact) mass is 284 g/mol. The van der Waals surface area contributed by atoms with Gasteiger partial charge in [-0.15, -0.1) is 11.3 Å². The lowest BCUT2D eigenvalue weighted by molar-refractivity contribution is 0.129. The molecule has 0 fully saturated rings. The summed E-state index contributed by atoms with van der Waals surface area (Å²) in [5.74, 6) is 0.526. The van der Waals surface area contributed by atoms with Crippen molar-refractivity contribution >= 4 is 33.7 Å². The number of aromatic nitrogens is 2. The lowest BCUT2D eigenvalue weighted by Gasteiger charge is -2.11. The van der Waals surface area contributed by atoms with Crippen molar-refractivity contribution in [1.29, 1.82) is 0 Å². The molecular weight excluding hydrogens is 268 g/mol. The van der Waals surface area contributed by atoms with Crippen LogP contribution >= 0.6 is 22.9 Å². The minimum absolute atomic E-state index is 0.137. The number of rotatable bonds is 5. The first-order valence-corrected chi connectivity index (χ1v) is 7.21. The molecule has 2 aromatic rings. The van der Waals surface area contributed by atoms with Crippen LogP contribution in [0.4, 0.5) is 10.8 Å². The number of methoxy groups -OCH3 is 1. The van der Waals surface area contributed by atoms with E-state index in [0.29, 0.717) is 12.4 Å². The first-order chi connectivity index (χ1) is 8.61. The van der Waals surface area contributed by atoms with Crippen LogP contribution < -0.4 is 11.1 Å². The van der Waals surface area contributed by atoms with Crippen LogP contribution in [0.25, 0.3) is 11.3 Å². The van der Waals surface area contributed by atoms with Gasteiger partial charge >= 0.3 is 0 Å². The van der Waals surface area contributed by atoms with E-state index in [1.165, 1.54) is 11.5 Å². The van der Waals surface area contributed by atoms with Gasteiger partial charge in [0, 0.05) is 19.0 Å². The van der Waals surface area contributed by atoms with Crippen LogP contribution in [0.1, 0.15) is 11.9 Å². The maximum Gasteiger partial charge on any atom is 0.148 e. The fraction of sp³-hybridized carbons (Fsp3) is 0.455. The first kappa shape index (κ1) is 13.3. The fourth-order valence-electron chi connectivity index (χ4n) is 1.47. The fourth-order valence-corrected chi connectivity index (χ4v) is 2.80. The summed E-state index contributed by atoms with van der Waals surface area (Å²) >= 11 is 2.96. The van der Waals surface area contributed by atoms with E-state index in [4.69, 9.17) is 10.5 Å². The lowest BCUT2D eigenvalue weighted by Crippen LogP contribution is -2.17. The van der Waals surface area contributed by atoms with E-state index in [2.05, 4.69) is 14.7 Å². The van der Waals surface area contributed by atoms with E-state index in [1.807, 2.05) is 19.2 Å². The van der Waals surface area contributed by atoms with Gasteiger partial charge in [0.15, 0.2) is 0 Å². The summed E-state index contributed by atoms with van der Waals surface area (Å²) in [6.45, 7) is 4.70. The van der Waals surface area contributed by atoms with Gasteiger partial charge in [0.2, 0.25) is 0 Å². The Bertz CT molecular complexity index is 523. The second-order valence-electron chi connectivity index (χ2n) is 3.95. The summed E-state index contributed by atoms with van der Waals surface area (Å²) in [6.07, 6.45) is 0.137. The van der Waals surface area contributed by atoms with Crippen LogP contribution in [0.3, 0.4) is 0 Å². The molecule has 2 rings (SSSR count). The molecule has 0 aliphatic carbocycles. The zero-order chi connectivity index (χ0) is 13.1. The molecule has 2 aromatic heterocycles. The summed E-state index contributed by atoms with van der Waals surface area (Å²) in [6, 6.07) is 0. The number of aryl methyl sites for hydroxylation is 1. The Hall–Kier alpha value is -1.18. The van der Waals surface area contributed by atoms with E-state index in [9.17, 15) is 0 Å². The van der Waals surface area contributed by atoms with Crippen LogP contribution in [0.15, 0.2) is 5.38 Å². The molecule has 0 amide bonds. The van der Waals surface area contributed by atoms with Crippen LogP contribution in [0.5, 0.6) is 0 Å². The molecule has 0 aliphatic heterocycles. The van der Waals surface area contributed by atoms with Gasteiger partial charge in [-0.1, -0.05) is 0 Å². The highest BCUT2D eigenvalue weighted by atomic mass is 32.1. The molecule has 0 bridgehead atoms. The standard InChI is InChI=1S/C11H16N4OS2/c1-6(16-3)4-13-11-9(10(12)15-18-11)8-5-17-7(2)14-8/h5-6,13H,4H2,1-3H3,(H2,12,15). The Balaban J connectivity index is 2.22. The zero-order valence-electron chi connectivity index (χ0n) is 10.6. The quantitative estimate of drug-likeness (QED) is 0.883. The van der Waals surface area contributed by atoms with Crippen molar-refractivity contribution in [2.45, 2.75) is 20.0 Å². The van der Waals surface area contributed by atoms with Gasteiger partial charge in [-0.3, -0.25) is 0 Å². The molecule has 0 aliphatic rings. The minimum Gasteiger partial charge on any atom is -0.382 e. The van der Waals surface area contributed by atoms with Gasteiger partial charge in [0.25, 0.3) is 0 Å². The molecule has 98 valence electrons. The molecule has 3 N–H and O–H groups in total. The predicted octanol–water partition coefficient (Wildman–Crippen LogP) is 2.60. The molecule has 7 heteroatoms. The van der Waals surface area contributed by atoms with Crippen LogP contribution in [0.2, 0.25) is 0 Å². The second kappa shape index (κ2) is 5.64. The molecule has 5 nitrogen and oxygen atoms in total. The number of hydrogen-bond donors (Lipinski definition) is 2. The molecule has 1 unspecified atom stereocenters. The normalized spacial score (nSPS) is 12.6. The van der Waals surface area contributed by atoms with E-state index < -0.39 is 0 Å². The topological polar surface area (TPSA) is 73.1 Å². The number of nitrogens with zero attached hydrogens (tertiary/aromatic N) is 2. The second-order valence-corrected chi connectivity index (χ2v) is 5.79. The highest BCUT2D eigenvalue weighted by Crippen LogP contribution is 2.36. The summed E-state index contributed by atoms with van der Waals surface area (Å²) in [5.41, 5.74) is 7.70. The van der Waals surface area contributed by atoms with E-state index in [1.54, 1.807) is 18.4 Å². The Kier molecular flexibility index (Phi) is 4.15. The number of hydrogen-bond acceptors (Lipinski definition) is 7. The molecule has 0 saturated carbocycles. The van der Waals surface area contributed by atoms with Gasteiger partial charge in [-0.05, 0) is 25.4 Å². The SMILES string of the molecule is COC(C)CNc1snc(N)c1-c1csc(C)n1. The zero-order valence-corrected chi connectivity index (χ0v) is 12.2. The van der Waals surface area contributed by atoms with Crippen LogP contribution in [0, 0.1) is 6.92 Å². The Labute approximate surface area is 114 Å². The minimum atomic E-state index is 0.137. The number of thiazole rings is 1. The predicted molar refractivity (Wildman–Crippen MR) is 77.3 cm³/mol. The molecule has 0 aromatic carbocycles. The third kappa shape index (κ3) is 2.80. The van der Waals surface area contributed by atoms with E-state index >= 15 is 0 Å². The Morgan fingerprint density at radius 3 is 2.94 bits per heavy atom. The molecule has 0 radical (unpaired) electrons. The Morgan fingerprint density at radius 1 is 1.56 bits per heavy atom. The van der Waals surface area contributed by atoms with Crippen LogP contribution in [-0.4, -0.2) is 29.1 Å². The number of ether oxygens (including phenoxy) is 1. The molecule has 2 heterocycles. The summed E-state index contributed by atoms with van der Waals surface area (Å²) in [7, 11) is 1.69. The number of nitrogens with one attached hydrogen (secondary N) is 1. The maximum atomic E-state index is 5.91. The van der Waals surface area contributed by atoms with Gasteiger partial charge in [-0.2, -0.15) is 4.37 Å². The molecule has 1 atom stereocenters. The van der Waals surface area contributed by atoms with Crippen molar-refractivity contribution in [2.24, 2.45) is 0 Å². The van der Waals surface area contributed by atoms with E-state index in [-0.39, 0.29) is 6.10 Å². The van der Waals surface area contributed by atoms with Crippen molar-refractivity contribution < 1.29 is 4.74 Å². The smallest absolute Gasteiger partial charge is 0.148 e. The first-order valence-electron chi connectivity index (χ1n) is 5.56. The van der Waals surface area contributed by atoms with Gasteiger partial charge in [0.1, 0.15) is 10.8 Å². The van der Waals surface area contributed by atoms with Crippen molar-refractivity contribution in [2.75, 3.05) is 24.7 Å². The largest absolute Gasteiger partial charge is 0.382 e. The highest BCUT2D eigenvalue weighted by molar-refractivity contribution is 7.11. The maximum absolute atomic E-state index is 5.91. The molecule has 0 saturated heterocycles. The molecule has 18 heavy (non-hydrogen) atoms. The number of nitrogens with two attached hydrogens (primary N) is 1. The van der Waals surface area contributed by atoms with Gasteiger partial charge < -0.3 is 15.8 Å².